The van der Waals surface area contributed by atoms with Gasteiger partial charge in [0.2, 0.25) is 0 Å². The molecule has 0 bridgehead atoms. The molecule has 0 aromatic heterocycles. The Balaban J connectivity index is 1.82. The first-order chi connectivity index (χ1) is 9.69. The van der Waals surface area contributed by atoms with E-state index in [-0.39, 0.29) is 5.91 Å². The van der Waals surface area contributed by atoms with Crippen molar-refractivity contribution in [2.45, 2.75) is 39.5 Å². The lowest BCUT2D eigenvalue weighted by Crippen LogP contribution is -2.31. The number of hydrogen-bond donors (Lipinski definition) is 2. The average Bonchev–Trinajstić information content (AvgIpc) is 2.46. The number of hydrogen-bond acceptors (Lipinski definition) is 2. The maximum absolute atomic E-state index is 12.1. The zero-order valence-electron chi connectivity index (χ0n) is 12.6. The molecule has 1 aliphatic carbocycles. The highest BCUT2D eigenvalue weighted by molar-refractivity contribution is 5.94. The number of anilines is 1. The monoisotopic (exact) mass is 274 g/mol. The Hall–Kier alpha value is -1.51. The summed E-state index contributed by atoms with van der Waals surface area (Å²) in [5, 5.41) is 6.31. The molecule has 1 aromatic rings. The molecule has 1 saturated carbocycles. The molecule has 0 heterocycles. The SMILES string of the molecule is CCNc1ccc(C(=O)NCC2CCCC(C)C2)cc1. The van der Waals surface area contributed by atoms with E-state index in [1.807, 2.05) is 24.3 Å². The number of benzene rings is 1. The second-order valence-electron chi connectivity index (χ2n) is 5.96. The molecule has 1 amide bonds. The number of nitrogens with one attached hydrogen (secondary N) is 2. The van der Waals surface area contributed by atoms with Crippen LogP contribution in [0, 0.1) is 11.8 Å². The van der Waals surface area contributed by atoms with Crippen molar-refractivity contribution < 1.29 is 4.79 Å². The van der Waals surface area contributed by atoms with E-state index >= 15 is 0 Å². The number of amides is 1. The standard InChI is InChI=1S/C17H26N2O/c1-3-18-16-9-7-15(8-10-16)17(20)19-12-14-6-4-5-13(2)11-14/h7-10,13-14,18H,3-6,11-12H2,1-2H3,(H,19,20). The van der Waals surface area contributed by atoms with Gasteiger partial charge in [0.15, 0.2) is 0 Å². The maximum atomic E-state index is 12.1. The molecule has 0 spiro atoms. The van der Waals surface area contributed by atoms with Gasteiger partial charge in [0.05, 0.1) is 0 Å². The molecule has 2 unspecified atom stereocenters. The number of carbonyl (C=O) groups excluding carboxylic acids is 1. The van der Waals surface area contributed by atoms with Gasteiger partial charge in [0.1, 0.15) is 0 Å². The van der Waals surface area contributed by atoms with Crippen molar-refractivity contribution in [3.63, 3.8) is 0 Å². The normalized spacial score (nSPS) is 22.3. The van der Waals surface area contributed by atoms with Crippen LogP contribution in [0.15, 0.2) is 24.3 Å². The summed E-state index contributed by atoms with van der Waals surface area (Å²) in [6.45, 7) is 6.09. The highest BCUT2D eigenvalue weighted by atomic mass is 16.1. The molecule has 2 rings (SSSR count). The Kier molecular flexibility index (Phi) is 5.45. The van der Waals surface area contributed by atoms with Crippen LogP contribution >= 0.6 is 0 Å². The van der Waals surface area contributed by atoms with E-state index in [4.69, 9.17) is 0 Å². The van der Waals surface area contributed by atoms with Gasteiger partial charge in [-0.2, -0.15) is 0 Å². The van der Waals surface area contributed by atoms with Crippen molar-refractivity contribution in [1.82, 2.24) is 5.32 Å². The molecule has 1 fully saturated rings. The largest absolute Gasteiger partial charge is 0.385 e. The van der Waals surface area contributed by atoms with Gasteiger partial charge in [-0.1, -0.05) is 19.8 Å². The Morgan fingerprint density at radius 2 is 2.00 bits per heavy atom. The van der Waals surface area contributed by atoms with E-state index in [2.05, 4.69) is 24.5 Å². The van der Waals surface area contributed by atoms with Crippen LogP contribution in [0.2, 0.25) is 0 Å². The van der Waals surface area contributed by atoms with Gasteiger partial charge in [-0.05, 0) is 55.9 Å². The molecular weight excluding hydrogens is 248 g/mol. The highest BCUT2D eigenvalue weighted by Crippen LogP contribution is 2.27. The third-order valence-corrected chi connectivity index (χ3v) is 4.12. The summed E-state index contributed by atoms with van der Waals surface area (Å²) in [6, 6.07) is 7.69. The molecule has 0 radical (unpaired) electrons. The summed E-state index contributed by atoms with van der Waals surface area (Å²) in [4.78, 5) is 12.1. The number of rotatable bonds is 5. The van der Waals surface area contributed by atoms with Crippen LogP contribution in [0.25, 0.3) is 0 Å². The lowest BCUT2D eigenvalue weighted by atomic mass is 9.82. The van der Waals surface area contributed by atoms with E-state index in [0.717, 1.165) is 30.3 Å². The quantitative estimate of drug-likeness (QED) is 0.860. The topological polar surface area (TPSA) is 41.1 Å². The van der Waals surface area contributed by atoms with Gasteiger partial charge in [-0.25, -0.2) is 0 Å². The van der Waals surface area contributed by atoms with Gasteiger partial charge in [-0.15, -0.1) is 0 Å². The predicted molar refractivity (Wildman–Crippen MR) is 84.1 cm³/mol. The van der Waals surface area contributed by atoms with E-state index in [1.54, 1.807) is 0 Å². The summed E-state index contributed by atoms with van der Waals surface area (Å²) >= 11 is 0. The van der Waals surface area contributed by atoms with Crippen LogP contribution in [0.4, 0.5) is 5.69 Å². The molecule has 0 saturated heterocycles. The first-order valence-electron chi connectivity index (χ1n) is 7.81. The summed E-state index contributed by atoms with van der Waals surface area (Å²) < 4.78 is 0. The van der Waals surface area contributed by atoms with E-state index < -0.39 is 0 Å². The summed E-state index contributed by atoms with van der Waals surface area (Å²) in [6.07, 6.45) is 5.15. The molecule has 1 aromatic carbocycles. The molecule has 0 aliphatic heterocycles. The van der Waals surface area contributed by atoms with Crippen molar-refractivity contribution in [1.29, 1.82) is 0 Å². The van der Waals surface area contributed by atoms with Crippen LogP contribution in [0.5, 0.6) is 0 Å². The molecule has 110 valence electrons. The minimum absolute atomic E-state index is 0.0475. The fraction of sp³-hybridized carbons (Fsp3) is 0.588. The fourth-order valence-electron chi connectivity index (χ4n) is 3.03. The van der Waals surface area contributed by atoms with Crippen molar-refractivity contribution in [3.8, 4) is 0 Å². The Morgan fingerprint density at radius 1 is 1.25 bits per heavy atom. The first-order valence-corrected chi connectivity index (χ1v) is 7.81. The predicted octanol–water partition coefficient (Wildman–Crippen LogP) is 3.67. The summed E-state index contributed by atoms with van der Waals surface area (Å²) in [5.74, 6) is 1.51. The highest BCUT2D eigenvalue weighted by Gasteiger charge is 2.19. The molecule has 20 heavy (non-hydrogen) atoms. The summed E-state index contributed by atoms with van der Waals surface area (Å²) in [5.41, 5.74) is 1.81. The average molecular weight is 274 g/mol. The Bertz CT molecular complexity index is 427. The molecule has 3 nitrogen and oxygen atoms in total. The van der Waals surface area contributed by atoms with E-state index in [9.17, 15) is 4.79 Å². The van der Waals surface area contributed by atoms with Gasteiger partial charge in [0, 0.05) is 24.3 Å². The minimum Gasteiger partial charge on any atom is -0.385 e. The molecular formula is C17H26N2O. The van der Waals surface area contributed by atoms with Crippen LogP contribution in [0.3, 0.4) is 0 Å². The van der Waals surface area contributed by atoms with Gasteiger partial charge < -0.3 is 10.6 Å². The third kappa shape index (κ3) is 4.26. The van der Waals surface area contributed by atoms with Crippen molar-refractivity contribution in [2.24, 2.45) is 11.8 Å². The van der Waals surface area contributed by atoms with Crippen molar-refractivity contribution >= 4 is 11.6 Å². The zero-order chi connectivity index (χ0) is 14.4. The molecule has 1 aliphatic rings. The number of carbonyl (C=O) groups is 1. The second-order valence-corrected chi connectivity index (χ2v) is 5.96. The Labute approximate surface area is 122 Å². The van der Waals surface area contributed by atoms with E-state index in [1.165, 1.54) is 25.7 Å². The van der Waals surface area contributed by atoms with Gasteiger partial charge in [0.25, 0.3) is 5.91 Å². The Morgan fingerprint density at radius 3 is 2.65 bits per heavy atom. The lowest BCUT2D eigenvalue weighted by Gasteiger charge is -2.26. The maximum Gasteiger partial charge on any atom is 0.251 e. The molecule has 2 N–H and O–H groups in total. The van der Waals surface area contributed by atoms with Crippen LogP contribution < -0.4 is 10.6 Å². The lowest BCUT2D eigenvalue weighted by molar-refractivity contribution is 0.0940. The van der Waals surface area contributed by atoms with Crippen molar-refractivity contribution in [2.75, 3.05) is 18.4 Å². The molecule has 2 atom stereocenters. The smallest absolute Gasteiger partial charge is 0.251 e. The zero-order valence-corrected chi connectivity index (χ0v) is 12.6. The van der Waals surface area contributed by atoms with Crippen LogP contribution in [-0.2, 0) is 0 Å². The second kappa shape index (κ2) is 7.32. The summed E-state index contributed by atoms with van der Waals surface area (Å²) in [7, 11) is 0. The molecule has 3 heteroatoms. The van der Waals surface area contributed by atoms with Crippen LogP contribution in [-0.4, -0.2) is 19.0 Å². The minimum atomic E-state index is 0.0475. The van der Waals surface area contributed by atoms with Gasteiger partial charge in [-0.3, -0.25) is 4.79 Å². The van der Waals surface area contributed by atoms with E-state index in [0.29, 0.717) is 5.92 Å². The van der Waals surface area contributed by atoms with Crippen molar-refractivity contribution in [3.05, 3.63) is 29.8 Å². The third-order valence-electron chi connectivity index (χ3n) is 4.12. The fourth-order valence-corrected chi connectivity index (χ4v) is 3.03. The first kappa shape index (κ1) is 14.9. The van der Waals surface area contributed by atoms with Gasteiger partial charge >= 0.3 is 0 Å². The van der Waals surface area contributed by atoms with Crippen LogP contribution in [0.1, 0.15) is 49.9 Å².